The van der Waals surface area contributed by atoms with Crippen molar-refractivity contribution in [2.24, 2.45) is 5.41 Å². The minimum absolute atomic E-state index is 0.105. The van der Waals surface area contributed by atoms with Gasteiger partial charge in [0.1, 0.15) is 0 Å². The maximum Gasteiger partial charge on any atom is 0.312 e. The zero-order valence-corrected chi connectivity index (χ0v) is 7.35. The predicted octanol–water partition coefficient (Wildman–Crippen LogP) is 1.52. The third-order valence-electron chi connectivity index (χ3n) is 2.21. The molecule has 0 aromatic rings. The first kappa shape index (κ1) is 10.4. The van der Waals surface area contributed by atoms with E-state index in [0.717, 1.165) is 6.92 Å². The van der Waals surface area contributed by atoms with E-state index in [9.17, 15) is 13.6 Å². The molecule has 1 unspecified atom stereocenters. The summed E-state index contributed by atoms with van der Waals surface area (Å²) in [6, 6.07) is 0. The molecule has 5 heteroatoms. The first-order chi connectivity index (χ1) is 5.86. The summed E-state index contributed by atoms with van der Waals surface area (Å²) in [7, 11) is 0. The van der Waals surface area contributed by atoms with E-state index in [4.69, 9.17) is 9.84 Å². The van der Waals surface area contributed by atoms with E-state index < -0.39 is 23.7 Å². The number of rotatable bonds is 3. The van der Waals surface area contributed by atoms with Crippen LogP contribution < -0.4 is 0 Å². The highest BCUT2D eigenvalue weighted by atomic mass is 19.3. The minimum Gasteiger partial charge on any atom is -0.481 e. The van der Waals surface area contributed by atoms with E-state index in [1.807, 2.05) is 0 Å². The maximum atomic E-state index is 12.7. The molecule has 0 radical (unpaired) electrons. The summed E-state index contributed by atoms with van der Waals surface area (Å²) < 4.78 is 30.2. The summed E-state index contributed by atoms with van der Waals surface area (Å²) >= 11 is 0. The molecule has 1 aliphatic rings. The van der Waals surface area contributed by atoms with Gasteiger partial charge >= 0.3 is 5.97 Å². The third kappa shape index (κ3) is 2.37. The Morgan fingerprint density at radius 1 is 1.69 bits per heavy atom. The van der Waals surface area contributed by atoms with Crippen LogP contribution in [0.25, 0.3) is 0 Å². The van der Waals surface area contributed by atoms with Gasteiger partial charge in [0.15, 0.2) is 0 Å². The molecule has 1 N–H and O–H groups in total. The van der Waals surface area contributed by atoms with Gasteiger partial charge in [-0.2, -0.15) is 0 Å². The Kier molecular flexibility index (Phi) is 2.56. The molecule has 1 fully saturated rings. The molecule has 0 bridgehead atoms. The highest BCUT2D eigenvalue weighted by molar-refractivity contribution is 5.75. The molecular weight excluding hydrogens is 182 g/mol. The molecule has 1 aliphatic heterocycles. The average molecular weight is 194 g/mol. The highest BCUT2D eigenvalue weighted by Gasteiger charge is 2.48. The number of aliphatic carboxylic acids is 1. The van der Waals surface area contributed by atoms with E-state index in [1.165, 1.54) is 0 Å². The third-order valence-corrected chi connectivity index (χ3v) is 2.21. The van der Waals surface area contributed by atoms with Crippen molar-refractivity contribution in [3.8, 4) is 0 Å². The summed E-state index contributed by atoms with van der Waals surface area (Å²) in [6.07, 6.45) is -0.471. The zero-order chi connectivity index (χ0) is 10.1. The summed E-state index contributed by atoms with van der Waals surface area (Å²) in [6.45, 7) is 0.879. The standard InChI is InChI=1S/C8H12F2O3/c1-7(9,10)4-8(6(11)12)2-3-13-5-8/h2-5H2,1H3,(H,11,12). The number of carbonyl (C=O) groups is 1. The molecule has 3 nitrogen and oxygen atoms in total. The molecule has 13 heavy (non-hydrogen) atoms. The Morgan fingerprint density at radius 2 is 2.31 bits per heavy atom. The van der Waals surface area contributed by atoms with Crippen LogP contribution in [-0.2, 0) is 9.53 Å². The zero-order valence-electron chi connectivity index (χ0n) is 7.35. The molecule has 1 atom stereocenters. The molecule has 1 heterocycles. The van der Waals surface area contributed by atoms with Crippen molar-refractivity contribution < 1.29 is 23.4 Å². The van der Waals surface area contributed by atoms with Crippen molar-refractivity contribution in [2.75, 3.05) is 13.2 Å². The van der Waals surface area contributed by atoms with Gasteiger partial charge < -0.3 is 9.84 Å². The van der Waals surface area contributed by atoms with E-state index in [1.54, 1.807) is 0 Å². The normalized spacial score (nSPS) is 29.2. The fourth-order valence-electron chi connectivity index (χ4n) is 1.59. The van der Waals surface area contributed by atoms with Gasteiger partial charge in [-0.05, 0) is 13.3 Å². The molecule has 0 spiro atoms. The predicted molar refractivity (Wildman–Crippen MR) is 40.7 cm³/mol. The molecule has 76 valence electrons. The van der Waals surface area contributed by atoms with Crippen LogP contribution in [0.4, 0.5) is 8.78 Å². The Labute approximate surface area is 74.7 Å². The van der Waals surface area contributed by atoms with Gasteiger partial charge in [-0.1, -0.05) is 0 Å². The number of ether oxygens (including phenoxy) is 1. The molecule has 0 saturated carbocycles. The second-order valence-electron chi connectivity index (χ2n) is 3.64. The van der Waals surface area contributed by atoms with Crippen LogP contribution in [0.3, 0.4) is 0 Å². The van der Waals surface area contributed by atoms with Gasteiger partial charge in [0.2, 0.25) is 5.92 Å². The van der Waals surface area contributed by atoms with Gasteiger partial charge in [-0.3, -0.25) is 4.79 Å². The van der Waals surface area contributed by atoms with E-state index in [-0.39, 0.29) is 19.6 Å². The van der Waals surface area contributed by atoms with Crippen molar-refractivity contribution in [1.82, 2.24) is 0 Å². The number of carboxylic acids is 1. The van der Waals surface area contributed by atoms with Crippen LogP contribution in [0.5, 0.6) is 0 Å². The molecular formula is C8H12F2O3. The Hall–Kier alpha value is -0.710. The van der Waals surface area contributed by atoms with Crippen LogP contribution in [0.15, 0.2) is 0 Å². The fourth-order valence-corrected chi connectivity index (χ4v) is 1.59. The lowest BCUT2D eigenvalue weighted by atomic mass is 9.82. The first-order valence-electron chi connectivity index (χ1n) is 4.05. The highest BCUT2D eigenvalue weighted by Crippen LogP contribution is 2.39. The Balaban J connectivity index is 2.74. The van der Waals surface area contributed by atoms with E-state index in [2.05, 4.69) is 0 Å². The molecule has 0 aliphatic carbocycles. The quantitative estimate of drug-likeness (QED) is 0.740. The van der Waals surface area contributed by atoms with Gasteiger partial charge in [-0.25, -0.2) is 8.78 Å². The van der Waals surface area contributed by atoms with Gasteiger partial charge in [0, 0.05) is 13.0 Å². The lowest BCUT2D eigenvalue weighted by Gasteiger charge is -2.25. The number of hydrogen-bond acceptors (Lipinski definition) is 2. The van der Waals surface area contributed by atoms with Gasteiger partial charge in [0.25, 0.3) is 0 Å². The van der Waals surface area contributed by atoms with Crippen LogP contribution in [0.2, 0.25) is 0 Å². The summed E-state index contributed by atoms with van der Waals surface area (Å²) in [5.74, 6) is -4.14. The SMILES string of the molecule is CC(F)(F)CC1(C(=O)O)CCOC1. The lowest BCUT2D eigenvalue weighted by molar-refractivity contribution is -0.154. The van der Waals surface area contributed by atoms with Gasteiger partial charge in [-0.15, -0.1) is 0 Å². The van der Waals surface area contributed by atoms with Crippen LogP contribution in [0.1, 0.15) is 19.8 Å². The van der Waals surface area contributed by atoms with Crippen LogP contribution >= 0.6 is 0 Å². The van der Waals surface area contributed by atoms with Crippen molar-refractivity contribution in [3.05, 3.63) is 0 Å². The number of alkyl halides is 2. The number of carboxylic acid groups (broad SMARTS) is 1. The van der Waals surface area contributed by atoms with E-state index in [0.29, 0.717) is 0 Å². The van der Waals surface area contributed by atoms with Crippen molar-refractivity contribution in [3.63, 3.8) is 0 Å². The second-order valence-corrected chi connectivity index (χ2v) is 3.64. The molecule has 0 amide bonds. The smallest absolute Gasteiger partial charge is 0.312 e. The maximum absolute atomic E-state index is 12.7. The van der Waals surface area contributed by atoms with Gasteiger partial charge in [0.05, 0.1) is 12.0 Å². The average Bonchev–Trinajstić information content (AvgIpc) is 2.33. The number of hydrogen-bond donors (Lipinski definition) is 1. The molecule has 1 rings (SSSR count). The minimum atomic E-state index is -2.95. The summed E-state index contributed by atoms with van der Waals surface area (Å²) in [5, 5.41) is 8.81. The van der Waals surface area contributed by atoms with E-state index >= 15 is 0 Å². The Bertz CT molecular complexity index is 204. The van der Waals surface area contributed by atoms with Crippen LogP contribution in [-0.4, -0.2) is 30.2 Å². The summed E-state index contributed by atoms with van der Waals surface area (Å²) in [5.41, 5.74) is -1.38. The molecule has 0 aromatic carbocycles. The largest absolute Gasteiger partial charge is 0.481 e. The van der Waals surface area contributed by atoms with Crippen molar-refractivity contribution >= 4 is 5.97 Å². The topological polar surface area (TPSA) is 46.5 Å². The second kappa shape index (κ2) is 3.21. The lowest BCUT2D eigenvalue weighted by Crippen LogP contribution is -2.36. The van der Waals surface area contributed by atoms with Crippen LogP contribution in [0, 0.1) is 5.41 Å². The summed E-state index contributed by atoms with van der Waals surface area (Å²) in [4.78, 5) is 10.8. The Morgan fingerprint density at radius 3 is 2.62 bits per heavy atom. The van der Waals surface area contributed by atoms with Crippen molar-refractivity contribution in [2.45, 2.75) is 25.7 Å². The first-order valence-corrected chi connectivity index (χ1v) is 4.05. The molecule has 0 aromatic heterocycles. The monoisotopic (exact) mass is 194 g/mol. The van der Waals surface area contributed by atoms with Crippen molar-refractivity contribution in [1.29, 1.82) is 0 Å². The molecule has 1 saturated heterocycles. The number of halogens is 2. The fraction of sp³-hybridized carbons (Fsp3) is 0.875.